The van der Waals surface area contributed by atoms with Gasteiger partial charge in [0.2, 0.25) is 0 Å². The number of carbonyl (C=O) groups is 1. The molecule has 2 aliphatic rings. The fourth-order valence-electron chi connectivity index (χ4n) is 10.6. The minimum atomic E-state index is -4.32. The first-order valence-electron chi connectivity index (χ1n) is 26.4. The monoisotopic (exact) mass is 1180 g/mol. The zero-order valence-corrected chi connectivity index (χ0v) is 49.8. The van der Waals surface area contributed by atoms with Gasteiger partial charge in [-0.25, -0.2) is 21.2 Å². The molecule has 2 aliphatic heterocycles. The Morgan fingerprint density at radius 2 is 1.46 bits per heavy atom. The number of hydrogen-bond donors (Lipinski definition) is 4. The Bertz CT molecular complexity index is 3400. The molecule has 6 aromatic rings. The topological polar surface area (TPSA) is 191 Å². The van der Waals surface area contributed by atoms with Crippen LogP contribution in [-0.4, -0.2) is 118 Å². The number of thioether (sulfide) groups is 1. The zero-order valence-electron chi connectivity index (χ0n) is 45.7. The van der Waals surface area contributed by atoms with Gasteiger partial charge in [-0.15, -0.1) is 11.8 Å². The lowest BCUT2D eigenvalue weighted by molar-refractivity contribution is -0.161. The highest BCUT2D eigenvalue weighted by Gasteiger charge is 2.40. The van der Waals surface area contributed by atoms with E-state index in [-0.39, 0.29) is 21.9 Å². The zero-order chi connectivity index (χ0) is 57.0. The van der Waals surface area contributed by atoms with Gasteiger partial charge in [-0.2, -0.15) is 0 Å². The highest BCUT2D eigenvalue weighted by atomic mass is 35.5. The molecular formula is C58H71ClFN6O9PS3. The van der Waals surface area contributed by atoms with Crippen molar-refractivity contribution in [2.24, 2.45) is 5.41 Å². The van der Waals surface area contributed by atoms with Gasteiger partial charge in [0, 0.05) is 101 Å². The SMILES string of the molecule is Cc1cc(S(=O)(=O)Nc2ccc(N3CCN(c4cc(F)cc(-c5c(S(C)(=O)=O)c(C)n(C(C)C)c5-c5ccc(Cl)cc5)c4)CC3)cc2)ccc1N[C@H](CCN1CCC(C)(C(=O)OC(C)CP(=O)(O)O)CC1)CSc1ccccc1. The van der Waals surface area contributed by atoms with Crippen LogP contribution in [-0.2, 0) is 34.0 Å². The van der Waals surface area contributed by atoms with Crippen molar-refractivity contribution in [2.75, 3.05) is 83.8 Å². The molecule has 1 unspecified atom stereocenters. The van der Waals surface area contributed by atoms with Crippen LogP contribution in [0, 0.1) is 25.1 Å². The van der Waals surface area contributed by atoms with E-state index in [0.29, 0.717) is 91.0 Å². The van der Waals surface area contributed by atoms with Crippen LogP contribution in [0.15, 0.2) is 130 Å². The second kappa shape index (κ2) is 24.8. The number of piperazine rings is 1. The quantitative estimate of drug-likeness (QED) is 0.0302. The Kier molecular flexibility index (Phi) is 18.7. The van der Waals surface area contributed by atoms with E-state index >= 15 is 4.39 Å². The van der Waals surface area contributed by atoms with Crippen molar-refractivity contribution in [3.05, 3.63) is 137 Å². The number of nitrogens with zero attached hydrogens (tertiary/aromatic N) is 4. The highest BCUT2D eigenvalue weighted by molar-refractivity contribution is 7.99. The molecule has 0 spiro atoms. The summed E-state index contributed by atoms with van der Waals surface area (Å²) in [5.74, 6) is -0.172. The van der Waals surface area contributed by atoms with E-state index in [9.17, 15) is 36.0 Å². The minimum Gasteiger partial charge on any atom is -0.462 e. The second-order valence-corrected chi connectivity index (χ2v) is 28.3. The van der Waals surface area contributed by atoms with E-state index in [0.717, 1.165) is 46.1 Å². The van der Waals surface area contributed by atoms with E-state index in [1.165, 1.54) is 25.3 Å². The Labute approximate surface area is 474 Å². The van der Waals surface area contributed by atoms with Crippen molar-refractivity contribution in [3.63, 3.8) is 0 Å². The summed E-state index contributed by atoms with van der Waals surface area (Å²) in [5, 5.41) is 4.24. The summed E-state index contributed by atoms with van der Waals surface area (Å²) < 4.78 is 92.2. The van der Waals surface area contributed by atoms with E-state index in [1.54, 1.807) is 61.2 Å². The molecule has 5 aromatic carbocycles. The molecule has 0 bridgehead atoms. The third kappa shape index (κ3) is 15.0. The van der Waals surface area contributed by atoms with Crippen molar-refractivity contribution in [1.82, 2.24) is 9.47 Å². The fourth-order valence-corrected chi connectivity index (χ4v) is 14.9. The van der Waals surface area contributed by atoms with E-state index in [4.69, 9.17) is 16.3 Å². The van der Waals surface area contributed by atoms with Crippen LogP contribution in [0.25, 0.3) is 22.4 Å². The third-order valence-electron chi connectivity index (χ3n) is 14.8. The standard InChI is InChI=1S/C58H71ClFN6O9PS3/c1-39(2)66-42(5)56(78(7,71)72)54(55(66)43-13-15-45(59)16-14-43)44-34-46(60)36-50(35-44)65-31-29-64(30-32-65)49-19-17-47(18-20-49)62-79(73,74)52-21-22-53(40(3)33-52)61-48(38-77-51-11-9-8-10-12-51)23-26-63-27-24-58(6,25-28-63)57(67)75-41(4)37-76(68,69)70/h8-22,33-36,39,41,48,61-62H,23-32,37-38H2,1-7H3,(H2,68,69,70)/t41?,48-/m1/s1. The van der Waals surface area contributed by atoms with E-state index in [2.05, 4.69) is 36.9 Å². The smallest absolute Gasteiger partial charge is 0.329 e. The fraction of sp³-hybridized carbons (Fsp3) is 0.397. The summed E-state index contributed by atoms with van der Waals surface area (Å²) in [6.45, 7) is 15.4. The highest BCUT2D eigenvalue weighted by Crippen LogP contribution is 2.45. The van der Waals surface area contributed by atoms with E-state index < -0.39 is 56.9 Å². The number of hydrogen-bond acceptors (Lipinski definition) is 12. The van der Waals surface area contributed by atoms with Gasteiger partial charge < -0.3 is 39.1 Å². The number of rotatable bonds is 21. The molecule has 4 N–H and O–H groups in total. The molecule has 0 amide bonds. The summed E-state index contributed by atoms with van der Waals surface area (Å²) in [5.41, 5.74) is 5.69. The van der Waals surface area contributed by atoms with Crippen LogP contribution in [0.1, 0.15) is 64.3 Å². The number of benzene rings is 5. The average Bonchev–Trinajstić information content (AvgIpc) is 3.97. The van der Waals surface area contributed by atoms with Crippen LogP contribution in [0.5, 0.6) is 0 Å². The number of piperidine rings is 1. The normalized spacial score (nSPS) is 16.2. The summed E-state index contributed by atoms with van der Waals surface area (Å²) >= 11 is 8.00. The van der Waals surface area contributed by atoms with Gasteiger partial charge >= 0.3 is 13.6 Å². The minimum absolute atomic E-state index is 0.0110. The number of sulfone groups is 1. The van der Waals surface area contributed by atoms with Crippen molar-refractivity contribution in [3.8, 4) is 22.4 Å². The van der Waals surface area contributed by atoms with Gasteiger partial charge in [-0.3, -0.25) is 14.1 Å². The summed E-state index contributed by atoms with van der Waals surface area (Å²) in [6, 6.07) is 34.3. The summed E-state index contributed by atoms with van der Waals surface area (Å²) in [6.07, 6.45) is 1.67. The molecule has 3 heterocycles. The van der Waals surface area contributed by atoms with Crippen LogP contribution in [0.4, 0.5) is 27.1 Å². The van der Waals surface area contributed by atoms with Gasteiger partial charge in [0.15, 0.2) is 9.84 Å². The third-order valence-corrected chi connectivity index (χ3v) is 19.8. The van der Waals surface area contributed by atoms with Gasteiger partial charge in [0.25, 0.3) is 10.0 Å². The number of likely N-dealkylation sites (tertiary alicyclic amines) is 1. The van der Waals surface area contributed by atoms with Gasteiger partial charge in [-0.1, -0.05) is 41.9 Å². The maximum atomic E-state index is 15.8. The van der Waals surface area contributed by atoms with Gasteiger partial charge in [0.05, 0.1) is 27.1 Å². The molecule has 1 aromatic heterocycles. The summed E-state index contributed by atoms with van der Waals surface area (Å²) in [7, 11) is -12.0. The number of ether oxygens (including phenoxy) is 1. The largest absolute Gasteiger partial charge is 0.462 e. The van der Waals surface area contributed by atoms with Gasteiger partial charge in [0.1, 0.15) is 11.9 Å². The number of nitrogens with one attached hydrogen (secondary N) is 2. The van der Waals surface area contributed by atoms with Crippen molar-refractivity contribution < 1.29 is 45.1 Å². The molecule has 21 heteroatoms. The van der Waals surface area contributed by atoms with Crippen LogP contribution in [0.3, 0.4) is 0 Å². The van der Waals surface area contributed by atoms with E-state index in [1.807, 2.05) is 80.8 Å². The number of sulfonamides is 1. The number of carbonyl (C=O) groups excluding carboxylic acids is 1. The molecule has 79 heavy (non-hydrogen) atoms. The lowest BCUT2D eigenvalue weighted by Crippen LogP contribution is -2.46. The molecule has 424 valence electrons. The molecular weight excluding hydrogens is 1110 g/mol. The number of anilines is 4. The summed E-state index contributed by atoms with van der Waals surface area (Å²) in [4.78, 5) is 39.7. The Morgan fingerprint density at radius 3 is 2.05 bits per heavy atom. The lowest BCUT2D eigenvalue weighted by atomic mass is 9.80. The van der Waals surface area contributed by atoms with Crippen LogP contribution < -0.4 is 19.8 Å². The number of esters is 1. The van der Waals surface area contributed by atoms with Crippen molar-refractivity contribution >= 4 is 79.5 Å². The van der Waals surface area contributed by atoms with Gasteiger partial charge in [-0.05, 0) is 176 Å². The molecule has 2 atom stereocenters. The number of halogens is 2. The van der Waals surface area contributed by atoms with Crippen molar-refractivity contribution in [2.45, 2.75) is 93.7 Å². The molecule has 2 fully saturated rings. The van der Waals surface area contributed by atoms with Crippen LogP contribution in [0.2, 0.25) is 5.02 Å². The number of aromatic nitrogens is 1. The maximum absolute atomic E-state index is 15.8. The predicted molar refractivity (Wildman–Crippen MR) is 317 cm³/mol. The molecule has 0 aliphatic carbocycles. The predicted octanol–water partition coefficient (Wildman–Crippen LogP) is 11.5. The Balaban J connectivity index is 0.894. The average molecular weight is 1180 g/mol. The molecule has 0 radical (unpaired) electrons. The lowest BCUT2D eigenvalue weighted by Gasteiger charge is -2.38. The van der Waals surface area contributed by atoms with Crippen molar-refractivity contribution in [1.29, 1.82) is 0 Å². The Morgan fingerprint density at radius 1 is 0.823 bits per heavy atom. The molecule has 15 nitrogen and oxygen atoms in total. The first-order valence-corrected chi connectivity index (χ1v) is 33.0. The second-order valence-electron chi connectivity index (χ2n) is 21.4. The first kappa shape index (κ1) is 59.7. The molecule has 0 saturated carbocycles. The van der Waals surface area contributed by atoms with Crippen LogP contribution >= 0.6 is 31.0 Å². The first-order chi connectivity index (χ1) is 37.3. The Hall–Kier alpha value is -5.37. The maximum Gasteiger partial charge on any atom is 0.329 e. The molecule has 2 saturated heterocycles. The molecule has 8 rings (SSSR count). The number of aryl methyl sites for hydroxylation is 1.